The van der Waals surface area contributed by atoms with E-state index in [-0.39, 0.29) is 22.0 Å². The van der Waals surface area contributed by atoms with E-state index in [1.165, 1.54) is 0 Å². The number of hydrogen-bond acceptors (Lipinski definition) is 3. The molecule has 21 heavy (non-hydrogen) atoms. The second kappa shape index (κ2) is 6.42. The highest BCUT2D eigenvalue weighted by atomic mass is 35.5. The van der Waals surface area contributed by atoms with Crippen molar-refractivity contribution < 1.29 is 8.42 Å². The molecule has 1 aliphatic rings. The molecule has 1 saturated carbocycles. The van der Waals surface area contributed by atoms with Gasteiger partial charge in [0.1, 0.15) is 4.90 Å². The normalized spacial score (nSPS) is 23.3. The van der Waals surface area contributed by atoms with Crippen molar-refractivity contribution in [2.24, 2.45) is 5.73 Å². The zero-order valence-electron chi connectivity index (χ0n) is 12.1. The highest BCUT2D eigenvalue weighted by Crippen LogP contribution is 2.33. The molecule has 0 unspecified atom stereocenters. The lowest BCUT2D eigenvalue weighted by atomic mass is 9.92. The molecule has 118 valence electrons. The monoisotopic (exact) mass is 350 g/mol. The SMILES string of the molecule is Cc1cc(Cl)c(C)c(S(=O)(=O)N[C@@H]2CCCC[C@H]2N)c1Cl. The molecule has 2 rings (SSSR count). The molecule has 0 amide bonds. The van der Waals surface area contributed by atoms with E-state index in [1.807, 2.05) is 0 Å². The van der Waals surface area contributed by atoms with Crippen molar-refractivity contribution in [3.05, 3.63) is 27.2 Å². The summed E-state index contributed by atoms with van der Waals surface area (Å²) in [6.07, 6.45) is 3.59. The Morgan fingerprint density at radius 3 is 2.48 bits per heavy atom. The molecule has 1 fully saturated rings. The van der Waals surface area contributed by atoms with Crippen LogP contribution in [0.15, 0.2) is 11.0 Å². The quantitative estimate of drug-likeness (QED) is 0.879. The fraction of sp³-hybridized carbons (Fsp3) is 0.571. The van der Waals surface area contributed by atoms with E-state index in [1.54, 1.807) is 19.9 Å². The van der Waals surface area contributed by atoms with E-state index in [2.05, 4.69) is 4.72 Å². The molecule has 0 aromatic heterocycles. The molecule has 1 aliphatic carbocycles. The molecular formula is C14H20Cl2N2O2S. The summed E-state index contributed by atoms with van der Waals surface area (Å²) >= 11 is 12.3. The summed E-state index contributed by atoms with van der Waals surface area (Å²) < 4.78 is 28.1. The fourth-order valence-electron chi connectivity index (χ4n) is 2.70. The summed E-state index contributed by atoms with van der Waals surface area (Å²) in [4.78, 5) is 0.0620. The Labute approximate surface area is 136 Å². The fourth-order valence-corrected chi connectivity index (χ4v) is 5.23. The van der Waals surface area contributed by atoms with Crippen LogP contribution in [0.25, 0.3) is 0 Å². The minimum absolute atomic E-state index is 0.0620. The zero-order valence-corrected chi connectivity index (χ0v) is 14.4. The van der Waals surface area contributed by atoms with Gasteiger partial charge in [-0.15, -0.1) is 0 Å². The van der Waals surface area contributed by atoms with Crippen LogP contribution in [0.5, 0.6) is 0 Å². The van der Waals surface area contributed by atoms with Gasteiger partial charge in [0.15, 0.2) is 0 Å². The predicted octanol–water partition coefficient (Wildman–Crippen LogP) is 3.16. The van der Waals surface area contributed by atoms with Gasteiger partial charge in [-0.25, -0.2) is 13.1 Å². The number of aryl methyl sites for hydroxylation is 1. The van der Waals surface area contributed by atoms with Crippen LogP contribution in [0.2, 0.25) is 10.0 Å². The van der Waals surface area contributed by atoms with Gasteiger partial charge in [0.05, 0.1) is 5.02 Å². The molecule has 1 aromatic carbocycles. The largest absolute Gasteiger partial charge is 0.326 e. The van der Waals surface area contributed by atoms with Gasteiger partial charge < -0.3 is 5.73 Å². The first kappa shape index (κ1) is 17.0. The Hall–Kier alpha value is -0.330. The van der Waals surface area contributed by atoms with Crippen molar-refractivity contribution in [1.29, 1.82) is 0 Å². The summed E-state index contributed by atoms with van der Waals surface area (Å²) in [6.45, 7) is 3.39. The maximum atomic E-state index is 12.7. The molecule has 0 aliphatic heterocycles. The second-order valence-corrected chi connectivity index (χ2v) is 8.06. The van der Waals surface area contributed by atoms with Gasteiger partial charge in [0.25, 0.3) is 0 Å². The Balaban J connectivity index is 2.40. The molecule has 0 bridgehead atoms. The van der Waals surface area contributed by atoms with Gasteiger partial charge in [-0.3, -0.25) is 0 Å². The molecule has 2 atom stereocenters. The Bertz CT molecular complexity index is 621. The van der Waals surface area contributed by atoms with E-state index in [9.17, 15) is 8.42 Å². The first-order valence-electron chi connectivity index (χ1n) is 6.97. The van der Waals surface area contributed by atoms with E-state index >= 15 is 0 Å². The molecule has 3 N–H and O–H groups in total. The summed E-state index contributed by atoms with van der Waals surface area (Å²) in [5.41, 5.74) is 7.12. The molecule has 0 saturated heterocycles. The maximum absolute atomic E-state index is 12.7. The highest BCUT2D eigenvalue weighted by molar-refractivity contribution is 7.89. The Kier molecular flexibility index (Phi) is 5.21. The summed E-state index contributed by atoms with van der Waals surface area (Å²) in [5, 5.41) is 0.610. The number of benzene rings is 1. The lowest BCUT2D eigenvalue weighted by Gasteiger charge is -2.29. The standard InChI is InChI=1S/C14H20Cl2N2O2S/c1-8-7-10(15)9(2)14(13(8)16)21(19,20)18-12-6-4-3-5-11(12)17/h7,11-12,18H,3-6,17H2,1-2H3/t11-,12-/m1/s1. The van der Waals surface area contributed by atoms with Crippen LogP contribution >= 0.6 is 23.2 Å². The third kappa shape index (κ3) is 3.54. The van der Waals surface area contributed by atoms with Crippen LogP contribution in [0.3, 0.4) is 0 Å². The van der Waals surface area contributed by atoms with Crippen molar-refractivity contribution in [1.82, 2.24) is 4.72 Å². The van der Waals surface area contributed by atoms with Crippen LogP contribution < -0.4 is 10.5 Å². The molecule has 7 heteroatoms. The number of nitrogens with two attached hydrogens (primary N) is 1. The van der Waals surface area contributed by atoms with Gasteiger partial charge in [-0.1, -0.05) is 36.0 Å². The number of hydrogen-bond donors (Lipinski definition) is 2. The minimum atomic E-state index is -3.75. The van der Waals surface area contributed by atoms with E-state index < -0.39 is 10.0 Å². The smallest absolute Gasteiger partial charge is 0.242 e. The van der Waals surface area contributed by atoms with Crippen LogP contribution in [0.1, 0.15) is 36.8 Å². The Morgan fingerprint density at radius 1 is 1.24 bits per heavy atom. The average molecular weight is 351 g/mol. The summed E-state index contributed by atoms with van der Waals surface area (Å²) in [5.74, 6) is 0. The van der Waals surface area contributed by atoms with E-state index in [4.69, 9.17) is 28.9 Å². The van der Waals surface area contributed by atoms with Crippen molar-refractivity contribution in [2.75, 3.05) is 0 Å². The van der Waals surface area contributed by atoms with E-state index in [0.29, 0.717) is 16.1 Å². The van der Waals surface area contributed by atoms with Crippen LogP contribution in [0, 0.1) is 13.8 Å². The third-order valence-electron chi connectivity index (χ3n) is 3.98. The number of halogens is 2. The van der Waals surface area contributed by atoms with Gasteiger partial charge in [0.2, 0.25) is 10.0 Å². The van der Waals surface area contributed by atoms with Crippen LogP contribution in [-0.2, 0) is 10.0 Å². The topological polar surface area (TPSA) is 72.2 Å². The molecule has 0 radical (unpaired) electrons. The first-order chi connectivity index (χ1) is 9.74. The van der Waals surface area contributed by atoms with Crippen molar-refractivity contribution in [3.63, 3.8) is 0 Å². The van der Waals surface area contributed by atoms with Crippen molar-refractivity contribution >= 4 is 33.2 Å². The third-order valence-corrected chi connectivity index (χ3v) is 6.63. The maximum Gasteiger partial charge on any atom is 0.242 e. The van der Waals surface area contributed by atoms with Crippen LogP contribution in [0.4, 0.5) is 0 Å². The first-order valence-corrected chi connectivity index (χ1v) is 9.21. The lowest BCUT2D eigenvalue weighted by Crippen LogP contribution is -2.49. The molecular weight excluding hydrogens is 331 g/mol. The minimum Gasteiger partial charge on any atom is -0.326 e. The van der Waals surface area contributed by atoms with Gasteiger partial charge in [-0.2, -0.15) is 0 Å². The number of sulfonamides is 1. The molecule has 1 aromatic rings. The van der Waals surface area contributed by atoms with Gasteiger partial charge >= 0.3 is 0 Å². The van der Waals surface area contributed by atoms with Crippen molar-refractivity contribution in [3.8, 4) is 0 Å². The average Bonchev–Trinajstić information content (AvgIpc) is 2.39. The molecule has 0 heterocycles. The summed E-state index contributed by atoms with van der Waals surface area (Å²) in [7, 11) is -3.75. The molecule has 0 spiro atoms. The molecule has 4 nitrogen and oxygen atoms in total. The lowest BCUT2D eigenvalue weighted by molar-refractivity contribution is 0.361. The summed E-state index contributed by atoms with van der Waals surface area (Å²) in [6, 6.07) is 1.26. The van der Waals surface area contributed by atoms with Gasteiger partial charge in [-0.05, 0) is 43.9 Å². The predicted molar refractivity (Wildman–Crippen MR) is 86.5 cm³/mol. The van der Waals surface area contributed by atoms with Crippen LogP contribution in [-0.4, -0.2) is 20.5 Å². The zero-order chi connectivity index (χ0) is 15.8. The second-order valence-electron chi connectivity index (χ2n) is 5.62. The van der Waals surface area contributed by atoms with Crippen molar-refractivity contribution in [2.45, 2.75) is 56.5 Å². The number of nitrogens with one attached hydrogen (secondary N) is 1. The Morgan fingerprint density at radius 2 is 1.86 bits per heavy atom. The van der Waals surface area contributed by atoms with Gasteiger partial charge in [0, 0.05) is 17.1 Å². The highest BCUT2D eigenvalue weighted by Gasteiger charge is 2.30. The number of rotatable bonds is 3. The van der Waals surface area contributed by atoms with E-state index in [0.717, 1.165) is 25.7 Å².